The molecule has 0 spiro atoms. The first kappa shape index (κ1) is 14.9. The van der Waals surface area contributed by atoms with E-state index in [2.05, 4.69) is 32.7 Å². The Morgan fingerprint density at radius 2 is 1.71 bits per heavy atom. The van der Waals surface area contributed by atoms with E-state index in [1.807, 2.05) is 6.07 Å². The third-order valence-corrected chi connectivity index (χ3v) is 4.86. The van der Waals surface area contributed by atoms with Crippen LogP contribution in [0.1, 0.15) is 53.4 Å². The molecular formula is C16H24BNO3. The molecule has 2 fully saturated rings. The van der Waals surface area contributed by atoms with Gasteiger partial charge in [0.2, 0.25) is 0 Å². The van der Waals surface area contributed by atoms with Crippen LogP contribution in [0.25, 0.3) is 0 Å². The van der Waals surface area contributed by atoms with Gasteiger partial charge in [0.05, 0.1) is 23.5 Å². The number of rotatable bonds is 3. The van der Waals surface area contributed by atoms with Crippen molar-refractivity contribution >= 4 is 12.6 Å². The van der Waals surface area contributed by atoms with Crippen molar-refractivity contribution < 1.29 is 14.0 Å². The smallest absolute Gasteiger partial charge is 0.489 e. The van der Waals surface area contributed by atoms with Crippen LogP contribution in [0.5, 0.6) is 5.75 Å². The number of hydrogen-bond acceptors (Lipinski definition) is 4. The van der Waals surface area contributed by atoms with Crippen LogP contribution < -0.4 is 10.2 Å². The molecule has 3 rings (SSSR count). The van der Waals surface area contributed by atoms with Gasteiger partial charge in [-0.1, -0.05) is 0 Å². The number of nitrogens with zero attached hydrogens (tertiary/aromatic N) is 1. The van der Waals surface area contributed by atoms with Gasteiger partial charge < -0.3 is 14.0 Å². The zero-order valence-electron chi connectivity index (χ0n) is 13.4. The maximum atomic E-state index is 6.06. The highest BCUT2D eigenvalue weighted by molar-refractivity contribution is 6.62. The molecule has 1 aromatic rings. The van der Waals surface area contributed by atoms with E-state index in [4.69, 9.17) is 14.0 Å². The van der Waals surface area contributed by atoms with Gasteiger partial charge in [0.1, 0.15) is 5.75 Å². The second-order valence-corrected chi connectivity index (χ2v) is 7.07. The van der Waals surface area contributed by atoms with E-state index < -0.39 is 0 Å². The first-order valence-corrected chi connectivity index (χ1v) is 7.85. The molecule has 5 heteroatoms. The summed E-state index contributed by atoms with van der Waals surface area (Å²) in [6.07, 6.45) is 8.70. The van der Waals surface area contributed by atoms with Gasteiger partial charge in [-0.3, -0.25) is 4.98 Å². The lowest BCUT2D eigenvalue weighted by Crippen LogP contribution is -2.41. The molecule has 1 saturated heterocycles. The summed E-state index contributed by atoms with van der Waals surface area (Å²) in [7, 11) is -0.380. The van der Waals surface area contributed by atoms with Crippen molar-refractivity contribution in [2.45, 2.75) is 70.7 Å². The Hall–Kier alpha value is -1.07. The Morgan fingerprint density at radius 3 is 2.33 bits per heavy atom. The van der Waals surface area contributed by atoms with E-state index in [1.54, 1.807) is 12.4 Å². The van der Waals surface area contributed by atoms with E-state index in [-0.39, 0.29) is 18.3 Å². The van der Waals surface area contributed by atoms with Crippen LogP contribution in [-0.4, -0.2) is 29.4 Å². The Kier molecular flexibility index (Phi) is 3.74. The van der Waals surface area contributed by atoms with E-state index in [1.165, 1.54) is 12.8 Å². The summed E-state index contributed by atoms with van der Waals surface area (Å²) in [6.45, 7) is 8.22. The predicted molar refractivity (Wildman–Crippen MR) is 82.8 cm³/mol. The molecular weight excluding hydrogens is 265 g/mol. The highest BCUT2D eigenvalue weighted by Crippen LogP contribution is 2.36. The molecule has 0 atom stereocenters. The highest BCUT2D eigenvalue weighted by atomic mass is 16.7. The zero-order valence-corrected chi connectivity index (χ0v) is 13.4. The molecule has 0 radical (unpaired) electrons. The Balaban J connectivity index is 1.74. The third kappa shape index (κ3) is 2.95. The van der Waals surface area contributed by atoms with Gasteiger partial charge in [0, 0.05) is 11.7 Å². The van der Waals surface area contributed by atoms with E-state index in [9.17, 15) is 0 Å². The molecule has 114 valence electrons. The fourth-order valence-electron chi connectivity index (χ4n) is 2.81. The molecule has 0 bridgehead atoms. The van der Waals surface area contributed by atoms with Crippen molar-refractivity contribution in [2.75, 3.05) is 0 Å². The molecule has 2 heterocycles. The van der Waals surface area contributed by atoms with E-state index in [0.717, 1.165) is 24.1 Å². The van der Waals surface area contributed by atoms with Crippen LogP contribution >= 0.6 is 0 Å². The Morgan fingerprint density at radius 1 is 1.10 bits per heavy atom. The van der Waals surface area contributed by atoms with Crippen molar-refractivity contribution in [3.8, 4) is 5.75 Å². The number of aromatic nitrogens is 1. The predicted octanol–water partition coefficient (Wildman–Crippen LogP) is 2.70. The first-order valence-electron chi connectivity index (χ1n) is 7.85. The number of ether oxygens (including phenoxy) is 1. The summed E-state index contributed by atoms with van der Waals surface area (Å²) in [5, 5.41) is 0. The molecule has 4 nitrogen and oxygen atoms in total. The third-order valence-electron chi connectivity index (χ3n) is 4.86. The molecule has 0 unspecified atom stereocenters. The fourth-order valence-corrected chi connectivity index (χ4v) is 2.81. The number of hydrogen-bond donors (Lipinski definition) is 0. The second-order valence-electron chi connectivity index (χ2n) is 7.07. The quantitative estimate of drug-likeness (QED) is 0.802. The van der Waals surface area contributed by atoms with Crippen LogP contribution in [0.4, 0.5) is 0 Å². The fraction of sp³-hybridized carbons (Fsp3) is 0.688. The van der Waals surface area contributed by atoms with Crippen molar-refractivity contribution in [2.24, 2.45) is 0 Å². The molecule has 21 heavy (non-hydrogen) atoms. The maximum Gasteiger partial charge on any atom is 0.496 e. The van der Waals surface area contributed by atoms with Gasteiger partial charge in [0.25, 0.3) is 0 Å². The van der Waals surface area contributed by atoms with Crippen molar-refractivity contribution in [3.63, 3.8) is 0 Å². The van der Waals surface area contributed by atoms with Gasteiger partial charge in [0.15, 0.2) is 0 Å². The molecule has 1 aromatic heterocycles. The lowest BCUT2D eigenvalue weighted by Gasteiger charge is -2.32. The monoisotopic (exact) mass is 289 g/mol. The van der Waals surface area contributed by atoms with Crippen LogP contribution in [0.15, 0.2) is 18.5 Å². The van der Waals surface area contributed by atoms with Crippen LogP contribution in [-0.2, 0) is 9.31 Å². The van der Waals surface area contributed by atoms with Gasteiger partial charge in [-0.05, 0) is 59.4 Å². The average molecular weight is 289 g/mol. The first-order chi connectivity index (χ1) is 9.87. The van der Waals surface area contributed by atoms with Crippen LogP contribution in [0.2, 0.25) is 0 Å². The largest absolute Gasteiger partial charge is 0.496 e. The minimum Gasteiger partial charge on any atom is -0.489 e. The van der Waals surface area contributed by atoms with Crippen molar-refractivity contribution in [1.82, 2.24) is 4.98 Å². The van der Waals surface area contributed by atoms with E-state index in [0.29, 0.717) is 6.10 Å². The summed E-state index contributed by atoms with van der Waals surface area (Å²) < 4.78 is 18.1. The normalized spacial score (nSPS) is 24.5. The zero-order chi connectivity index (χ0) is 15.1. The molecule has 1 saturated carbocycles. The summed E-state index contributed by atoms with van der Waals surface area (Å²) in [5.74, 6) is 0.814. The van der Waals surface area contributed by atoms with Crippen LogP contribution in [0.3, 0.4) is 0 Å². The van der Waals surface area contributed by atoms with Gasteiger partial charge >= 0.3 is 7.12 Å². The lowest BCUT2D eigenvalue weighted by atomic mass is 9.80. The molecule has 1 aliphatic heterocycles. The topological polar surface area (TPSA) is 40.6 Å². The second kappa shape index (κ2) is 5.29. The molecule has 1 aliphatic carbocycles. The molecule has 0 amide bonds. The van der Waals surface area contributed by atoms with Crippen molar-refractivity contribution in [1.29, 1.82) is 0 Å². The Labute approximate surface area is 127 Å². The minimum atomic E-state index is -0.380. The lowest BCUT2D eigenvalue weighted by molar-refractivity contribution is 0.00578. The Bertz CT molecular complexity index is 496. The van der Waals surface area contributed by atoms with Gasteiger partial charge in [-0.25, -0.2) is 0 Å². The minimum absolute atomic E-state index is 0.333. The van der Waals surface area contributed by atoms with Crippen LogP contribution in [0, 0.1) is 0 Å². The van der Waals surface area contributed by atoms with Crippen molar-refractivity contribution in [3.05, 3.63) is 18.5 Å². The summed E-state index contributed by atoms with van der Waals surface area (Å²) >= 11 is 0. The maximum absolute atomic E-state index is 6.06. The molecule has 2 aliphatic rings. The van der Waals surface area contributed by atoms with Gasteiger partial charge in [-0.2, -0.15) is 0 Å². The molecule has 0 aromatic carbocycles. The standard InChI is InChI=1S/C16H24BNO3/c1-15(2)16(3,4)21-17(20-15)12-9-14(11-18-10-12)19-13-7-5-6-8-13/h9-11,13H,5-8H2,1-4H3. The summed E-state index contributed by atoms with van der Waals surface area (Å²) in [4.78, 5) is 4.28. The average Bonchev–Trinajstić information content (AvgIpc) is 2.97. The van der Waals surface area contributed by atoms with Gasteiger partial charge in [-0.15, -0.1) is 0 Å². The highest BCUT2D eigenvalue weighted by Gasteiger charge is 2.51. The SMILES string of the molecule is CC1(C)OB(c2cncc(OC3CCCC3)c2)OC1(C)C. The summed E-state index contributed by atoms with van der Waals surface area (Å²) in [6, 6.07) is 1.99. The number of pyridine rings is 1. The summed E-state index contributed by atoms with van der Waals surface area (Å²) in [5.41, 5.74) is 0.254. The molecule has 0 N–H and O–H groups in total. The van der Waals surface area contributed by atoms with E-state index >= 15 is 0 Å².